The number of rotatable bonds is 4. The molecule has 2 fully saturated rings. The number of carbonyl (C=O) groups is 3. The number of esters is 2. The van der Waals surface area contributed by atoms with E-state index < -0.39 is 47.6 Å². The zero-order valence-corrected chi connectivity index (χ0v) is 29.2. The number of aliphatic hydroxyl groups is 3. The summed E-state index contributed by atoms with van der Waals surface area (Å²) in [6.07, 6.45) is 2.68. The van der Waals surface area contributed by atoms with Crippen LogP contribution in [0.25, 0.3) is 0 Å². The molecule has 0 amide bonds. The summed E-state index contributed by atoms with van der Waals surface area (Å²) in [5.74, 6) is -1.88. The third-order valence-corrected chi connectivity index (χ3v) is 5.50. The van der Waals surface area contributed by atoms with Gasteiger partial charge in [0.25, 0.3) is 0 Å². The van der Waals surface area contributed by atoms with Gasteiger partial charge in [0.1, 0.15) is 25.6 Å². The van der Waals surface area contributed by atoms with Crippen LogP contribution in [0.5, 0.6) is 0 Å². The van der Waals surface area contributed by atoms with Crippen LogP contribution < -0.4 is 0 Å². The Morgan fingerprint density at radius 3 is 1.69 bits per heavy atom. The van der Waals surface area contributed by atoms with Gasteiger partial charge in [-0.05, 0) is 69.2 Å². The van der Waals surface area contributed by atoms with Gasteiger partial charge in [0.2, 0.25) is 18.5 Å². The first kappa shape index (κ1) is 42.5. The Kier molecular flexibility index (Phi) is 16.5. The van der Waals surface area contributed by atoms with Crippen molar-refractivity contribution < 1.29 is 58.1 Å². The lowest BCUT2D eigenvalue weighted by Gasteiger charge is -2.21. The Bertz CT molecular complexity index is 1030. The second kappa shape index (κ2) is 17.5. The van der Waals surface area contributed by atoms with Gasteiger partial charge < -0.3 is 43.7 Å². The fraction of sp³-hybridized carbons (Fsp3) is 0.806. The van der Waals surface area contributed by atoms with Crippen LogP contribution >= 0.6 is 0 Å². The standard InChI is InChI=1S/C10H18O4.C8H12N2O.C7H14O4.C6H12O3/c1-9(2,3)8(11)13-7-6-12-10(4,5)14-7;1-8(2,3)7(11)10-5-4-9-6-10;1-7(2,3)6(10)11-5(9)4-8;1-6(2)8-4-5(3-7)9-6/h7H,6H2,1-5H3;4-6H,1-3H3;5,8-9H,4H2,1-3H3;5,7H,3-4H2,1-2H3. The second-order valence-corrected chi connectivity index (χ2v) is 14.4. The molecule has 0 bridgehead atoms. The number of hydrogen-bond acceptors (Lipinski definition) is 13. The third kappa shape index (κ3) is 17.7. The van der Waals surface area contributed by atoms with E-state index in [2.05, 4.69) is 9.72 Å². The molecule has 0 aromatic carbocycles. The summed E-state index contributed by atoms with van der Waals surface area (Å²) in [6.45, 7) is 23.6. The predicted molar refractivity (Wildman–Crippen MR) is 163 cm³/mol. The van der Waals surface area contributed by atoms with Crippen molar-refractivity contribution >= 4 is 17.8 Å². The molecule has 1 aromatic rings. The molecule has 1 aromatic heterocycles. The van der Waals surface area contributed by atoms with Crippen LogP contribution in [0.15, 0.2) is 18.7 Å². The quantitative estimate of drug-likeness (QED) is 0.319. The molecule has 262 valence electrons. The maximum Gasteiger partial charge on any atom is 0.313 e. The summed E-state index contributed by atoms with van der Waals surface area (Å²) in [5, 5.41) is 25.6. The number of ether oxygens (including phenoxy) is 6. The molecular formula is C31H56N2O12. The molecule has 2 aliphatic heterocycles. The number of hydrogen-bond donors (Lipinski definition) is 3. The highest BCUT2D eigenvalue weighted by atomic mass is 16.8. The van der Waals surface area contributed by atoms with E-state index in [1.165, 1.54) is 10.9 Å². The molecule has 3 atom stereocenters. The van der Waals surface area contributed by atoms with E-state index in [1.807, 2.05) is 34.6 Å². The van der Waals surface area contributed by atoms with Gasteiger partial charge in [-0.3, -0.25) is 19.0 Å². The molecule has 3 heterocycles. The van der Waals surface area contributed by atoms with Crippen molar-refractivity contribution in [2.45, 2.75) is 120 Å². The lowest BCUT2D eigenvalue weighted by molar-refractivity contribution is -0.203. The van der Waals surface area contributed by atoms with Gasteiger partial charge in [0, 0.05) is 17.8 Å². The second-order valence-electron chi connectivity index (χ2n) is 14.4. The van der Waals surface area contributed by atoms with Crippen molar-refractivity contribution in [3.63, 3.8) is 0 Å². The van der Waals surface area contributed by atoms with Gasteiger partial charge in [-0.25, -0.2) is 4.98 Å². The van der Waals surface area contributed by atoms with Crippen LogP contribution in [0.2, 0.25) is 0 Å². The van der Waals surface area contributed by atoms with Gasteiger partial charge in [-0.15, -0.1) is 0 Å². The molecular weight excluding hydrogens is 592 g/mol. The molecule has 2 aliphatic rings. The Balaban J connectivity index is 0.000000580. The molecule has 3 N–H and O–H groups in total. The minimum absolute atomic E-state index is 0.0451. The van der Waals surface area contributed by atoms with Gasteiger partial charge in [-0.2, -0.15) is 0 Å². The number of imidazole rings is 1. The zero-order valence-electron chi connectivity index (χ0n) is 29.2. The van der Waals surface area contributed by atoms with Crippen LogP contribution in [0.3, 0.4) is 0 Å². The summed E-state index contributed by atoms with van der Waals surface area (Å²) in [7, 11) is 0. The van der Waals surface area contributed by atoms with Gasteiger partial charge in [0.05, 0.1) is 24.0 Å². The Morgan fingerprint density at radius 1 is 0.867 bits per heavy atom. The van der Waals surface area contributed by atoms with Gasteiger partial charge in [0.15, 0.2) is 11.6 Å². The van der Waals surface area contributed by atoms with Crippen molar-refractivity contribution in [3.05, 3.63) is 18.7 Å². The van der Waals surface area contributed by atoms with Crippen LogP contribution in [0, 0.1) is 16.2 Å². The van der Waals surface area contributed by atoms with E-state index in [1.54, 1.807) is 67.8 Å². The molecule has 3 rings (SSSR count). The Labute approximate surface area is 267 Å². The largest absolute Gasteiger partial charge is 0.433 e. The van der Waals surface area contributed by atoms with Crippen LogP contribution in [-0.4, -0.2) is 99.4 Å². The van der Waals surface area contributed by atoms with Crippen molar-refractivity contribution in [2.75, 3.05) is 26.4 Å². The number of aromatic nitrogens is 2. The molecule has 0 spiro atoms. The van der Waals surface area contributed by atoms with Crippen molar-refractivity contribution in [2.24, 2.45) is 16.2 Å². The van der Waals surface area contributed by atoms with Crippen LogP contribution in [0.4, 0.5) is 0 Å². The maximum atomic E-state index is 11.5. The fourth-order valence-electron chi connectivity index (χ4n) is 2.96. The molecule has 3 unspecified atom stereocenters. The van der Waals surface area contributed by atoms with Crippen LogP contribution in [-0.2, 0) is 38.0 Å². The number of nitrogens with zero attached hydrogens (tertiary/aromatic N) is 2. The zero-order chi connectivity index (χ0) is 35.4. The minimum Gasteiger partial charge on any atom is -0.433 e. The Morgan fingerprint density at radius 2 is 1.38 bits per heavy atom. The summed E-state index contributed by atoms with van der Waals surface area (Å²) in [5.41, 5.74) is -1.48. The summed E-state index contributed by atoms with van der Waals surface area (Å²) in [6, 6.07) is 0. The lowest BCUT2D eigenvalue weighted by atomic mass is 9.96. The molecule has 2 saturated heterocycles. The summed E-state index contributed by atoms with van der Waals surface area (Å²) in [4.78, 5) is 37.7. The Hall–Kier alpha value is -2.46. The summed E-state index contributed by atoms with van der Waals surface area (Å²) < 4.78 is 32.1. The SMILES string of the molecule is CC(C)(C)C(=O)OC(O)CO.CC(C)(C)C(=O)n1ccnc1.CC1(C)OCC(CO)O1.CC1(C)OCC(OC(=O)C(C)(C)C)O1. The van der Waals surface area contributed by atoms with E-state index in [-0.39, 0.29) is 30.0 Å². The van der Waals surface area contributed by atoms with Gasteiger partial charge >= 0.3 is 11.9 Å². The van der Waals surface area contributed by atoms with E-state index >= 15 is 0 Å². The van der Waals surface area contributed by atoms with E-state index in [9.17, 15) is 14.4 Å². The van der Waals surface area contributed by atoms with Crippen molar-refractivity contribution in [1.29, 1.82) is 0 Å². The topological polar surface area (TPSA) is 185 Å². The highest BCUT2D eigenvalue weighted by molar-refractivity contribution is 5.83. The lowest BCUT2D eigenvalue weighted by Crippen LogP contribution is -2.30. The van der Waals surface area contributed by atoms with Crippen molar-refractivity contribution in [3.8, 4) is 0 Å². The maximum absolute atomic E-state index is 11.5. The normalized spacial score (nSPS) is 21.1. The first-order valence-corrected chi connectivity index (χ1v) is 14.7. The van der Waals surface area contributed by atoms with E-state index in [0.29, 0.717) is 13.2 Å². The van der Waals surface area contributed by atoms with Gasteiger partial charge in [-0.1, -0.05) is 20.8 Å². The summed E-state index contributed by atoms with van der Waals surface area (Å²) >= 11 is 0. The van der Waals surface area contributed by atoms with E-state index in [4.69, 9.17) is 39.0 Å². The minimum atomic E-state index is -1.40. The highest BCUT2D eigenvalue weighted by Crippen LogP contribution is 2.25. The fourth-order valence-corrected chi connectivity index (χ4v) is 2.96. The molecule has 0 aliphatic carbocycles. The third-order valence-electron chi connectivity index (χ3n) is 5.50. The van der Waals surface area contributed by atoms with E-state index in [0.717, 1.165) is 0 Å². The van der Waals surface area contributed by atoms with Crippen LogP contribution in [0.1, 0.15) is 94.8 Å². The predicted octanol–water partition coefficient (Wildman–Crippen LogP) is 3.27. The average Bonchev–Trinajstić information content (AvgIpc) is 3.63. The average molecular weight is 649 g/mol. The number of carbonyl (C=O) groups excluding carboxylic acids is 3. The molecule has 14 heteroatoms. The molecule has 0 radical (unpaired) electrons. The first-order chi connectivity index (χ1) is 20.2. The number of aliphatic hydroxyl groups excluding tert-OH is 3. The first-order valence-electron chi connectivity index (χ1n) is 14.7. The monoisotopic (exact) mass is 648 g/mol. The molecule has 45 heavy (non-hydrogen) atoms. The van der Waals surface area contributed by atoms with Crippen molar-refractivity contribution in [1.82, 2.24) is 9.55 Å². The smallest absolute Gasteiger partial charge is 0.313 e. The highest BCUT2D eigenvalue weighted by Gasteiger charge is 2.37. The molecule has 14 nitrogen and oxygen atoms in total. The molecule has 0 saturated carbocycles.